The lowest BCUT2D eigenvalue weighted by atomic mass is 10.2. The number of sulfonamides is 1. The van der Waals surface area contributed by atoms with Crippen molar-refractivity contribution in [3.8, 4) is 0 Å². The minimum atomic E-state index is -3.71. The molecule has 0 saturated carbocycles. The predicted molar refractivity (Wildman–Crippen MR) is 90.5 cm³/mol. The number of nitrogens with one attached hydrogen (secondary N) is 3. The monoisotopic (exact) mass is 332 g/mol. The zero-order chi connectivity index (χ0) is 16.6. The van der Waals surface area contributed by atoms with Gasteiger partial charge in [-0.05, 0) is 24.3 Å². The second-order valence-electron chi connectivity index (χ2n) is 5.31. The molecule has 0 fully saturated rings. The van der Waals surface area contributed by atoms with Crippen molar-refractivity contribution in [3.63, 3.8) is 0 Å². The lowest BCUT2D eigenvalue weighted by Crippen LogP contribution is -2.17. The molecule has 1 aromatic heterocycles. The summed E-state index contributed by atoms with van der Waals surface area (Å²) in [6, 6.07) is 11.4. The van der Waals surface area contributed by atoms with Gasteiger partial charge in [0.25, 0.3) is 10.0 Å². The van der Waals surface area contributed by atoms with E-state index in [0.717, 1.165) is 0 Å². The van der Waals surface area contributed by atoms with Crippen LogP contribution in [0.15, 0.2) is 52.2 Å². The Balaban J connectivity index is 2.11. The van der Waals surface area contributed by atoms with Crippen molar-refractivity contribution in [1.82, 2.24) is 9.97 Å². The quantitative estimate of drug-likeness (QED) is 0.677. The normalized spacial score (nSPS) is 11.6. The molecule has 0 amide bonds. The van der Waals surface area contributed by atoms with Crippen LogP contribution in [0, 0.1) is 0 Å². The summed E-state index contributed by atoms with van der Waals surface area (Å²) in [6.45, 7) is 0. The van der Waals surface area contributed by atoms with Gasteiger partial charge in [-0.2, -0.15) is 0 Å². The summed E-state index contributed by atoms with van der Waals surface area (Å²) in [5, 5.41) is 0. The van der Waals surface area contributed by atoms with Crippen molar-refractivity contribution >= 4 is 32.4 Å². The molecule has 8 heteroatoms. The molecule has 0 bridgehead atoms. The van der Waals surface area contributed by atoms with E-state index in [1.165, 1.54) is 12.1 Å². The summed E-state index contributed by atoms with van der Waals surface area (Å²) in [6.07, 6.45) is 0. The van der Waals surface area contributed by atoms with Gasteiger partial charge in [-0.1, -0.05) is 18.2 Å². The van der Waals surface area contributed by atoms with Crippen LogP contribution in [0.3, 0.4) is 0 Å². The Morgan fingerprint density at radius 1 is 1.00 bits per heavy atom. The number of hydrogen-bond donors (Lipinski definition) is 3. The second-order valence-corrected chi connectivity index (χ2v) is 6.99. The Hall–Kier alpha value is -2.74. The molecule has 0 unspecified atom stereocenters. The number of benzene rings is 2. The summed E-state index contributed by atoms with van der Waals surface area (Å²) >= 11 is 0. The van der Waals surface area contributed by atoms with Gasteiger partial charge in [0.1, 0.15) is 0 Å². The lowest BCUT2D eigenvalue weighted by Gasteiger charge is -2.18. The SMILES string of the molecule is CN(C)c1cc2[nH]c(=O)[nH]c2cc1NS(=O)(=O)c1ccccc1. The van der Waals surface area contributed by atoms with E-state index in [1.807, 2.05) is 0 Å². The highest BCUT2D eigenvalue weighted by molar-refractivity contribution is 7.92. The van der Waals surface area contributed by atoms with Gasteiger partial charge >= 0.3 is 5.69 Å². The fourth-order valence-electron chi connectivity index (χ4n) is 2.33. The average molecular weight is 332 g/mol. The lowest BCUT2D eigenvalue weighted by molar-refractivity contribution is 0.601. The molecule has 0 aliphatic carbocycles. The van der Waals surface area contributed by atoms with Crippen LogP contribution in [0.25, 0.3) is 11.0 Å². The number of aromatic amines is 2. The summed E-state index contributed by atoms with van der Waals surface area (Å²) < 4.78 is 27.6. The maximum Gasteiger partial charge on any atom is 0.323 e. The highest BCUT2D eigenvalue weighted by Crippen LogP contribution is 2.30. The second kappa shape index (κ2) is 5.47. The highest BCUT2D eigenvalue weighted by atomic mass is 32.2. The predicted octanol–water partition coefficient (Wildman–Crippen LogP) is 1.72. The van der Waals surface area contributed by atoms with Crippen molar-refractivity contribution in [2.75, 3.05) is 23.7 Å². The van der Waals surface area contributed by atoms with Gasteiger partial charge in [0.2, 0.25) is 0 Å². The van der Waals surface area contributed by atoms with Gasteiger partial charge in [-0.3, -0.25) is 4.72 Å². The smallest absolute Gasteiger partial charge is 0.323 e. The molecule has 0 saturated heterocycles. The fraction of sp³-hybridized carbons (Fsp3) is 0.133. The van der Waals surface area contributed by atoms with Crippen LogP contribution in [-0.4, -0.2) is 32.5 Å². The van der Waals surface area contributed by atoms with Gasteiger partial charge in [0.15, 0.2) is 0 Å². The third-order valence-corrected chi connectivity index (χ3v) is 4.79. The Morgan fingerprint density at radius 3 is 2.22 bits per heavy atom. The minimum Gasteiger partial charge on any atom is -0.376 e. The molecular formula is C15H16N4O3S. The van der Waals surface area contributed by atoms with Crippen molar-refractivity contribution in [3.05, 3.63) is 52.9 Å². The molecule has 2 aromatic carbocycles. The zero-order valence-corrected chi connectivity index (χ0v) is 13.4. The number of nitrogens with zero attached hydrogens (tertiary/aromatic N) is 1. The number of fused-ring (bicyclic) bond motifs is 1. The van der Waals surface area contributed by atoms with Crippen LogP contribution < -0.4 is 15.3 Å². The topological polar surface area (TPSA) is 98.1 Å². The van der Waals surface area contributed by atoms with Gasteiger partial charge < -0.3 is 14.9 Å². The number of H-pyrrole nitrogens is 2. The van der Waals surface area contributed by atoms with Gasteiger partial charge in [-0.25, -0.2) is 13.2 Å². The summed E-state index contributed by atoms with van der Waals surface area (Å²) in [5.74, 6) is 0. The van der Waals surface area contributed by atoms with Gasteiger partial charge in [-0.15, -0.1) is 0 Å². The largest absolute Gasteiger partial charge is 0.376 e. The Morgan fingerprint density at radius 2 is 1.61 bits per heavy atom. The molecule has 3 rings (SSSR count). The molecule has 0 atom stereocenters. The first kappa shape index (κ1) is 15.2. The third kappa shape index (κ3) is 2.93. The van der Waals surface area contributed by atoms with Crippen molar-refractivity contribution in [1.29, 1.82) is 0 Å². The molecule has 3 aromatic rings. The van der Waals surface area contributed by atoms with E-state index in [-0.39, 0.29) is 10.6 Å². The van der Waals surface area contributed by atoms with Crippen LogP contribution in [0.1, 0.15) is 0 Å². The van der Waals surface area contributed by atoms with Crippen LogP contribution in [0.5, 0.6) is 0 Å². The molecule has 7 nitrogen and oxygen atoms in total. The van der Waals surface area contributed by atoms with E-state index < -0.39 is 10.0 Å². The van der Waals surface area contributed by atoms with E-state index in [1.54, 1.807) is 49.3 Å². The number of aromatic nitrogens is 2. The molecule has 23 heavy (non-hydrogen) atoms. The number of anilines is 2. The molecule has 1 heterocycles. The van der Waals surface area contributed by atoms with Gasteiger partial charge in [0.05, 0.1) is 27.3 Å². The molecule has 0 aliphatic rings. The number of rotatable bonds is 4. The van der Waals surface area contributed by atoms with Crippen LogP contribution in [-0.2, 0) is 10.0 Å². The van der Waals surface area contributed by atoms with Crippen molar-refractivity contribution < 1.29 is 8.42 Å². The van der Waals surface area contributed by atoms with Crippen LogP contribution in [0.4, 0.5) is 11.4 Å². The zero-order valence-electron chi connectivity index (χ0n) is 12.6. The molecule has 0 spiro atoms. The third-order valence-electron chi connectivity index (χ3n) is 3.41. The maximum absolute atomic E-state index is 12.5. The maximum atomic E-state index is 12.5. The molecular weight excluding hydrogens is 316 g/mol. The Bertz CT molecular complexity index is 1000. The van der Waals surface area contributed by atoms with E-state index in [2.05, 4.69) is 14.7 Å². The first-order valence-electron chi connectivity index (χ1n) is 6.88. The Labute approximate surface area is 133 Å². The van der Waals surface area contributed by atoms with E-state index in [9.17, 15) is 13.2 Å². The molecule has 0 aliphatic heterocycles. The minimum absolute atomic E-state index is 0.173. The average Bonchev–Trinajstić information content (AvgIpc) is 2.86. The standard InChI is InChI=1S/C15H16N4O3S/c1-19(2)14-9-12-11(16-15(20)17-12)8-13(14)18-23(21,22)10-6-4-3-5-7-10/h3-9,18H,1-2H3,(H2,16,17,20). The first-order chi connectivity index (χ1) is 10.9. The molecule has 120 valence electrons. The summed E-state index contributed by atoms with van der Waals surface area (Å²) in [7, 11) is -0.114. The van der Waals surface area contributed by atoms with Crippen LogP contribution >= 0.6 is 0 Å². The van der Waals surface area contributed by atoms with Gasteiger partial charge in [0, 0.05) is 14.1 Å². The van der Waals surface area contributed by atoms with E-state index in [0.29, 0.717) is 22.4 Å². The highest BCUT2D eigenvalue weighted by Gasteiger charge is 2.17. The van der Waals surface area contributed by atoms with E-state index in [4.69, 9.17) is 0 Å². The number of imidazole rings is 1. The molecule has 3 N–H and O–H groups in total. The first-order valence-corrected chi connectivity index (χ1v) is 8.36. The van der Waals surface area contributed by atoms with Crippen molar-refractivity contribution in [2.45, 2.75) is 4.90 Å². The summed E-state index contributed by atoms with van der Waals surface area (Å²) in [4.78, 5) is 18.7. The van der Waals surface area contributed by atoms with Crippen molar-refractivity contribution in [2.24, 2.45) is 0 Å². The van der Waals surface area contributed by atoms with Crippen LogP contribution in [0.2, 0.25) is 0 Å². The number of hydrogen-bond acceptors (Lipinski definition) is 4. The Kier molecular flexibility index (Phi) is 3.61. The van der Waals surface area contributed by atoms with E-state index >= 15 is 0 Å². The molecule has 0 radical (unpaired) electrons. The fourth-order valence-corrected chi connectivity index (χ4v) is 3.41. The summed E-state index contributed by atoms with van der Waals surface area (Å²) in [5.41, 5.74) is 1.84.